The molecule has 2 atom stereocenters. The average Bonchev–Trinajstić information content (AvgIpc) is 1.97. The summed E-state index contributed by atoms with van der Waals surface area (Å²) in [4.78, 5) is 10.4. The third-order valence-electron chi connectivity index (χ3n) is 2.11. The molecule has 2 unspecified atom stereocenters. The van der Waals surface area contributed by atoms with Gasteiger partial charge in [0.05, 0.1) is 5.92 Å². The molecule has 74 valence electrons. The van der Waals surface area contributed by atoms with Crippen molar-refractivity contribution in [2.45, 2.75) is 11.8 Å². The van der Waals surface area contributed by atoms with Crippen molar-refractivity contribution in [3.8, 4) is 0 Å². The van der Waals surface area contributed by atoms with Crippen LogP contribution in [0.2, 0.25) is 0 Å². The maximum absolute atomic E-state index is 12.6. The molecule has 0 heterocycles. The molecule has 0 saturated heterocycles. The number of carbonyl (C=O) groups excluding carboxylic acids is 1. The fourth-order valence-electron chi connectivity index (χ4n) is 1.34. The van der Waals surface area contributed by atoms with Gasteiger partial charge in [0.2, 0.25) is 5.24 Å². The van der Waals surface area contributed by atoms with Crippen LogP contribution in [0.15, 0.2) is 12.7 Å². The number of alkyl halides is 4. The summed E-state index contributed by atoms with van der Waals surface area (Å²) < 4.78 is 50.2. The van der Waals surface area contributed by atoms with Gasteiger partial charge in [0.25, 0.3) is 0 Å². The Morgan fingerprint density at radius 3 is 2.00 bits per heavy atom. The van der Waals surface area contributed by atoms with Gasteiger partial charge in [-0.2, -0.15) is 17.6 Å². The summed E-state index contributed by atoms with van der Waals surface area (Å²) in [6.07, 6.45) is 0.627. The lowest BCUT2D eigenvalue weighted by atomic mass is 9.67. The van der Waals surface area contributed by atoms with Crippen LogP contribution in [0, 0.1) is 11.8 Å². The number of hydrogen-bond acceptors (Lipinski definition) is 1. The Balaban J connectivity index is 3.01. The molecule has 6 heteroatoms. The van der Waals surface area contributed by atoms with Crippen molar-refractivity contribution in [1.82, 2.24) is 0 Å². The van der Waals surface area contributed by atoms with Crippen molar-refractivity contribution >= 4 is 16.8 Å². The van der Waals surface area contributed by atoms with Gasteiger partial charge in [-0.15, -0.1) is 6.58 Å². The van der Waals surface area contributed by atoms with Crippen molar-refractivity contribution in [3.63, 3.8) is 0 Å². The van der Waals surface area contributed by atoms with Gasteiger partial charge in [0.1, 0.15) is 5.92 Å². The number of rotatable bonds is 2. The molecule has 0 spiro atoms. The van der Waals surface area contributed by atoms with Crippen LogP contribution < -0.4 is 0 Å². The van der Waals surface area contributed by atoms with E-state index in [4.69, 9.17) is 11.6 Å². The van der Waals surface area contributed by atoms with Crippen LogP contribution in [0.3, 0.4) is 0 Å². The zero-order valence-electron chi connectivity index (χ0n) is 6.24. The third kappa shape index (κ3) is 1.10. The summed E-state index contributed by atoms with van der Waals surface area (Å²) in [5, 5.41) is -1.46. The molecule has 0 radical (unpaired) electrons. The SMILES string of the molecule is C=CC1C(C(=O)Cl)C(F)(F)C1(F)F. The lowest BCUT2D eigenvalue weighted by Gasteiger charge is -2.47. The van der Waals surface area contributed by atoms with Crippen LogP contribution in [-0.2, 0) is 4.79 Å². The molecule has 1 saturated carbocycles. The highest BCUT2D eigenvalue weighted by atomic mass is 35.5. The Bertz CT molecular complexity index is 263. The summed E-state index contributed by atoms with van der Waals surface area (Å²) >= 11 is 4.76. The normalized spacial score (nSPS) is 34.8. The molecular formula is C7H5ClF4O. The first-order valence-electron chi connectivity index (χ1n) is 3.34. The zero-order valence-corrected chi connectivity index (χ0v) is 6.99. The lowest BCUT2D eigenvalue weighted by Crippen LogP contribution is -2.67. The van der Waals surface area contributed by atoms with E-state index in [0.717, 1.165) is 0 Å². The molecule has 0 bridgehead atoms. The van der Waals surface area contributed by atoms with Gasteiger partial charge in [-0.25, -0.2) is 0 Å². The van der Waals surface area contributed by atoms with Gasteiger partial charge in [0, 0.05) is 0 Å². The van der Waals surface area contributed by atoms with E-state index in [-0.39, 0.29) is 0 Å². The fourth-order valence-corrected chi connectivity index (χ4v) is 1.61. The number of halogens is 5. The summed E-state index contributed by atoms with van der Waals surface area (Å²) in [6.45, 7) is 2.95. The second kappa shape index (κ2) is 2.70. The van der Waals surface area contributed by atoms with Crippen molar-refractivity contribution in [2.24, 2.45) is 11.8 Å². The van der Waals surface area contributed by atoms with E-state index in [1.54, 1.807) is 0 Å². The monoisotopic (exact) mass is 216 g/mol. The lowest BCUT2D eigenvalue weighted by molar-refractivity contribution is -0.329. The van der Waals surface area contributed by atoms with Crippen LogP contribution in [0.5, 0.6) is 0 Å². The minimum atomic E-state index is -4.36. The number of hydrogen-bond donors (Lipinski definition) is 0. The van der Waals surface area contributed by atoms with Gasteiger partial charge in [-0.3, -0.25) is 4.79 Å². The summed E-state index contributed by atoms with van der Waals surface area (Å²) in [7, 11) is 0. The first-order valence-corrected chi connectivity index (χ1v) is 3.72. The Morgan fingerprint density at radius 1 is 1.31 bits per heavy atom. The summed E-state index contributed by atoms with van der Waals surface area (Å²) in [5.41, 5.74) is 0. The molecule has 1 fully saturated rings. The van der Waals surface area contributed by atoms with Crippen LogP contribution in [-0.4, -0.2) is 17.1 Å². The molecule has 0 aromatic rings. The van der Waals surface area contributed by atoms with Crippen molar-refractivity contribution in [2.75, 3.05) is 0 Å². The molecule has 1 aliphatic rings. The maximum Gasteiger partial charge on any atom is 0.322 e. The molecule has 1 nitrogen and oxygen atoms in total. The van der Waals surface area contributed by atoms with Crippen molar-refractivity contribution in [1.29, 1.82) is 0 Å². The highest BCUT2D eigenvalue weighted by Gasteiger charge is 2.79. The molecule has 0 N–H and O–H groups in total. The van der Waals surface area contributed by atoms with E-state index in [2.05, 4.69) is 6.58 Å². The minimum Gasteiger partial charge on any atom is -0.281 e. The number of allylic oxidation sites excluding steroid dienone is 1. The predicted molar refractivity (Wildman–Crippen MR) is 37.9 cm³/mol. The van der Waals surface area contributed by atoms with Crippen LogP contribution in [0.25, 0.3) is 0 Å². The molecule has 13 heavy (non-hydrogen) atoms. The number of carbonyl (C=O) groups is 1. The Labute approximate surface area is 76.4 Å². The molecule has 0 aromatic carbocycles. The van der Waals surface area contributed by atoms with Crippen LogP contribution >= 0.6 is 11.6 Å². The van der Waals surface area contributed by atoms with E-state index in [1.165, 1.54) is 0 Å². The Kier molecular flexibility index (Phi) is 2.18. The Hall–Kier alpha value is -0.580. The van der Waals surface area contributed by atoms with Crippen LogP contribution in [0.4, 0.5) is 17.6 Å². The molecule has 1 rings (SSSR count). The molecule has 0 aromatic heterocycles. The van der Waals surface area contributed by atoms with Crippen LogP contribution in [0.1, 0.15) is 0 Å². The van der Waals surface area contributed by atoms with E-state index in [9.17, 15) is 22.4 Å². The fraction of sp³-hybridized carbons (Fsp3) is 0.571. The van der Waals surface area contributed by atoms with Crippen molar-refractivity contribution < 1.29 is 22.4 Å². The summed E-state index contributed by atoms with van der Waals surface area (Å²) in [6, 6.07) is 0. The van der Waals surface area contributed by atoms with Gasteiger partial charge < -0.3 is 0 Å². The topological polar surface area (TPSA) is 17.1 Å². The molecule has 1 aliphatic carbocycles. The third-order valence-corrected chi connectivity index (χ3v) is 2.35. The smallest absolute Gasteiger partial charge is 0.281 e. The largest absolute Gasteiger partial charge is 0.322 e. The van der Waals surface area contributed by atoms with E-state index < -0.39 is 28.9 Å². The zero-order chi connectivity index (χ0) is 10.4. The second-order valence-corrected chi connectivity index (χ2v) is 3.16. The standard InChI is InChI=1S/C7H5ClF4O/c1-2-3-4(5(8)13)7(11,12)6(3,9)10/h2-4H,1H2. The Morgan fingerprint density at radius 2 is 1.77 bits per heavy atom. The van der Waals surface area contributed by atoms with E-state index in [1.807, 2.05) is 0 Å². The average molecular weight is 217 g/mol. The first-order chi connectivity index (χ1) is 5.76. The van der Waals surface area contributed by atoms with Gasteiger partial charge in [-0.1, -0.05) is 6.08 Å². The molecular weight excluding hydrogens is 212 g/mol. The quantitative estimate of drug-likeness (QED) is 0.394. The van der Waals surface area contributed by atoms with E-state index >= 15 is 0 Å². The highest BCUT2D eigenvalue weighted by molar-refractivity contribution is 6.64. The predicted octanol–water partition coefficient (Wildman–Crippen LogP) is 2.45. The van der Waals surface area contributed by atoms with Gasteiger partial charge in [-0.05, 0) is 11.6 Å². The molecule has 0 aliphatic heterocycles. The van der Waals surface area contributed by atoms with Gasteiger partial charge >= 0.3 is 11.8 Å². The van der Waals surface area contributed by atoms with Gasteiger partial charge in [0.15, 0.2) is 0 Å². The minimum absolute atomic E-state index is 0.627. The van der Waals surface area contributed by atoms with E-state index in [0.29, 0.717) is 6.08 Å². The highest BCUT2D eigenvalue weighted by Crippen LogP contribution is 2.60. The van der Waals surface area contributed by atoms with Crippen molar-refractivity contribution in [3.05, 3.63) is 12.7 Å². The maximum atomic E-state index is 12.6. The molecule has 0 amide bonds. The first kappa shape index (κ1) is 10.5. The second-order valence-electron chi connectivity index (χ2n) is 2.79. The summed E-state index contributed by atoms with van der Waals surface area (Å²) in [5.74, 6) is -12.6.